The second kappa shape index (κ2) is 4.89. The lowest BCUT2D eigenvalue weighted by molar-refractivity contribution is 0.0698. The van der Waals surface area contributed by atoms with Crippen LogP contribution in [0.15, 0.2) is 35.1 Å². The number of halogens is 1. The monoisotopic (exact) mass is 266 g/mol. The molecule has 0 saturated carbocycles. The molecule has 1 aromatic heterocycles. The van der Waals surface area contributed by atoms with Crippen LogP contribution in [-0.2, 0) is 0 Å². The van der Waals surface area contributed by atoms with Crippen LogP contribution in [0.2, 0.25) is 5.02 Å². The molecule has 0 bridgehead atoms. The van der Waals surface area contributed by atoms with Gasteiger partial charge in [0.25, 0.3) is 5.91 Å². The Morgan fingerprint density at radius 1 is 1.33 bits per heavy atom. The van der Waals surface area contributed by atoms with Crippen molar-refractivity contribution < 1.29 is 19.2 Å². The van der Waals surface area contributed by atoms with E-state index in [2.05, 4.69) is 15.0 Å². The van der Waals surface area contributed by atoms with Crippen molar-refractivity contribution >= 4 is 29.2 Å². The number of aromatic nitrogens is 1. The van der Waals surface area contributed by atoms with E-state index in [1.807, 2.05) is 0 Å². The van der Waals surface area contributed by atoms with Gasteiger partial charge in [-0.25, -0.2) is 4.79 Å². The number of hydrogen-bond acceptors (Lipinski definition) is 4. The highest BCUT2D eigenvalue weighted by molar-refractivity contribution is 6.34. The fourth-order valence-electron chi connectivity index (χ4n) is 1.34. The second-order valence-corrected chi connectivity index (χ2v) is 3.71. The fraction of sp³-hybridized carbons (Fsp3) is 0. The normalized spacial score (nSPS) is 10.1. The molecule has 0 aliphatic heterocycles. The average molecular weight is 267 g/mol. The van der Waals surface area contributed by atoms with Gasteiger partial charge >= 0.3 is 5.97 Å². The van der Waals surface area contributed by atoms with E-state index in [1.165, 1.54) is 30.5 Å². The third-order valence-corrected chi connectivity index (χ3v) is 2.47. The summed E-state index contributed by atoms with van der Waals surface area (Å²) in [5.74, 6) is -1.78. The molecule has 2 rings (SSSR count). The Hall–Kier alpha value is -2.34. The van der Waals surface area contributed by atoms with Crippen molar-refractivity contribution in [2.75, 3.05) is 5.32 Å². The van der Waals surface area contributed by atoms with Gasteiger partial charge in [-0.2, -0.15) is 0 Å². The summed E-state index contributed by atoms with van der Waals surface area (Å²) in [7, 11) is 0. The number of carbonyl (C=O) groups excluding carboxylic acids is 1. The largest absolute Gasteiger partial charge is 0.478 e. The molecule has 0 aliphatic rings. The van der Waals surface area contributed by atoms with E-state index in [-0.39, 0.29) is 22.0 Å². The van der Waals surface area contributed by atoms with Gasteiger partial charge < -0.3 is 14.9 Å². The molecule has 0 radical (unpaired) electrons. The molecule has 0 unspecified atom stereocenters. The first kappa shape index (κ1) is 12.1. The van der Waals surface area contributed by atoms with Gasteiger partial charge in [0, 0.05) is 6.07 Å². The van der Waals surface area contributed by atoms with Gasteiger partial charge in [-0.15, -0.1) is 0 Å². The Kier molecular flexibility index (Phi) is 3.29. The van der Waals surface area contributed by atoms with Gasteiger partial charge in [0.1, 0.15) is 6.26 Å². The number of para-hydroxylation sites is 1. The third kappa shape index (κ3) is 2.33. The third-order valence-electron chi connectivity index (χ3n) is 2.15. The quantitative estimate of drug-likeness (QED) is 0.889. The molecule has 92 valence electrons. The predicted octanol–water partition coefficient (Wildman–Crippen LogP) is 2.28. The van der Waals surface area contributed by atoms with Crippen LogP contribution in [0.25, 0.3) is 0 Å². The van der Waals surface area contributed by atoms with Crippen molar-refractivity contribution in [2.24, 2.45) is 0 Å². The minimum atomic E-state index is -1.19. The molecule has 0 fully saturated rings. The smallest absolute Gasteiger partial charge is 0.337 e. The zero-order valence-corrected chi connectivity index (χ0v) is 9.64. The number of nitrogens with zero attached hydrogens (tertiary/aromatic N) is 1. The Balaban J connectivity index is 2.34. The minimum absolute atomic E-state index is 0.0275. The van der Waals surface area contributed by atoms with Gasteiger partial charge in [0.15, 0.2) is 5.69 Å². The molecule has 0 saturated heterocycles. The fourth-order valence-corrected chi connectivity index (χ4v) is 1.56. The highest BCUT2D eigenvalue weighted by Gasteiger charge is 2.17. The Bertz CT molecular complexity index is 595. The summed E-state index contributed by atoms with van der Waals surface area (Å²) in [5.41, 5.74) is -0.0368. The van der Waals surface area contributed by atoms with Crippen molar-refractivity contribution in [3.8, 4) is 0 Å². The molecule has 2 N–H and O–H groups in total. The van der Waals surface area contributed by atoms with Crippen LogP contribution in [0.4, 0.5) is 5.69 Å². The number of carboxylic acid groups (broad SMARTS) is 1. The molecule has 0 aliphatic carbocycles. The van der Waals surface area contributed by atoms with Crippen molar-refractivity contribution in [1.82, 2.24) is 5.16 Å². The van der Waals surface area contributed by atoms with Crippen molar-refractivity contribution in [3.63, 3.8) is 0 Å². The number of rotatable bonds is 3. The summed E-state index contributed by atoms with van der Waals surface area (Å²) < 4.78 is 4.52. The van der Waals surface area contributed by atoms with Gasteiger partial charge in [-0.3, -0.25) is 4.79 Å². The summed E-state index contributed by atoms with van der Waals surface area (Å²) in [5, 5.41) is 14.9. The molecule has 1 amide bonds. The lowest BCUT2D eigenvalue weighted by Crippen LogP contribution is -2.15. The highest BCUT2D eigenvalue weighted by Crippen LogP contribution is 2.26. The molecule has 18 heavy (non-hydrogen) atoms. The van der Waals surface area contributed by atoms with Crippen molar-refractivity contribution in [2.45, 2.75) is 0 Å². The lowest BCUT2D eigenvalue weighted by atomic mass is 10.1. The zero-order valence-electron chi connectivity index (χ0n) is 8.88. The average Bonchev–Trinajstić information content (AvgIpc) is 2.85. The van der Waals surface area contributed by atoms with E-state index in [9.17, 15) is 9.59 Å². The molecular formula is C11H7ClN2O4. The van der Waals surface area contributed by atoms with Crippen molar-refractivity contribution in [3.05, 3.63) is 46.8 Å². The summed E-state index contributed by atoms with van der Waals surface area (Å²) in [6, 6.07) is 5.66. The van der Waals surface area contributed by atoms with Crippen LogP contribution in [0.1, 0.15) is 20.8 Å². The number of aromatic carboxylic acids is 1. The second-order valence-electron chi connectivity index (χ2n) is 3.31. The molecule has 2 aromatic rings. The van der Waals surface area contributed by atoms with Crippen LogP contribution in [0, 0.1) is 0 Å². The van der Waals surface area contributed by atoms with Crippen LogP contribution in [0.5, 0.6) is 0 Å². The molecule has 6 nitrogen and oxygen atoms in total. The first-order valence-electron chi connectivity index (χ1n) is 4.83. The lowest BCUT2D eigenvalue weighted by Gasteiger charge is -2.08. The van der Waals surface area contributed by atoms with E-state index >= 15 is 0 Å². The van der Waals surface area contributed by atoms with Crippen LogP contribution in [0.3, 0.4) is 0 Å². The number of carboxylic acids is 1. The summed E-state index contributed by atoms with van der Waals surface area (Å²) in [6.45, 7) is 0. The number of nitrogens with one attached hydrogen (secondary N) is 1. The molecular weight excluding hydrogens is 260 g/mol. The first-order valence-corrected chi connectivity index (χ1v) is 5.21. The van der Waals surface area contributed by atoms with Crippen molar-refractivity contribution in [1.29, 1.82) is 0 Å². The zero-order chi connectivity index (χ0) is 13.1. The standard InChI is InChI=1S/C11H7ClN2O4/c12-7-3-1-2-6(11(16)17)9(7)13-10(15)8-4-5-18-14-8/h1-5H,(H,13,15)(H,16,17). The Morgan fingerprint density at radius 2 is 2.11 bits per heavy atom. The first-order chi connectivity index (χ1) is 8.59. The number of benzene rings is 1. The molecule has 0 spiro atoms. The van der Waals surface area contributed by atoms with E-state index in [1.54, 1.807) is 0 Å². The SMILES string of the molecule is O=C(Nc1c(Cl)cccc1C(=O)O)c1ccon1. The van der Waals surface area contributed by atoms with Gasteiger partial charge in [-0.1, -0.05) is 22.8 Å². The maximum absolute atomic E-state index is 11.7. The molecule has 7 heteroatoms. The predicted molar refractivity (Wildman–Crippen MR) is 62.9 cm³/mol. The van der Waals surface area contributed by atoms with Crippen LogP contribution >= 0.6 is 11.6 Å². The summed E-state index contributed by atoms with van der Waals surface area (Å²) >= 11 is 5.86. The maximum Gasteiger partial charge on any atom is 0.337 e. The van der Waals surface area contributed by atoms with Crippen LogP contribution < -0.4 is 5.32 Å². The van der Waals surface area contributed by atoms with E-state index < -0.39 is 11.9 Å². The molecule has 1 heterocycles. The van der Waals surface area contributed by atoms with Gasteiger partial charge in [0.05, 0.1) is 16.3 Å². The number of carbonyl (C=O) groups is 2. The minimum Gasteiger partial charge on any atom is -0.478 e. The summed E-state index contributed by atoms with van der Waals surface area (Å²) in [4.78, 5) is 22.7. The van der Waals surface area contributed by atoms with E-state index in [4.69, 9.17) is 16.7 Å². The van der Waals surface area contributed by atoms with E-state index in [0.717, 1.165) is 0 Å². The van der Waals surface area contributed by atoms with Gasteiger partial charge in [0.2, 0.25) is 0 Å². The summed E-state index contributed by atoms with van der Waals surface area (Å²) in [6.07, 6.45) is 1.24. The maximum atomic E-state index is 11.7. The Morgan fingerprint density at radius 3 is 2.72 bits per heavy atom. The highest BCUT2D eigenvalue weighted by atomic mass is 35.5. The molecule has 1 aromatic carbocycles. The Labute approximate surface area is 106 Å². The van der Waals surface area contributed by atoms with Crippen LogP contribution in [-0.4, -0.2) is 22.1 Å². The molecule has 0 atom stereocenters. The number of hydrogen-bond donors (Lipinski definition) is 2. The van der Waals surface area contributed by atoms with Gasteiger partial charge in [-0.05, 0) is 12.1 Å². The topological polar surface area (TPSA) is 92.4 Å². The number of anilines is 1. The van der Waals surface area contributed by atoms with E-state index in [0.29, 0.717) is 0 Å². The number of amides is 1.